The van der Waals surface area contributed by atoms with E-state index in [-0.39, 0.29) is 24.2 Å². The lowest BCUT2D eigenvalue weighted by Gasteiger charge is -2.06. The predicted molar refractivity (Wildman–Crippen MR) is 68.1 cm³/mol. The Morgan fingerprint density at radius 2 is 1.82 bits per heavy atom. The number of rotatable bonds is 2. The summed E-state index contributed by atoms with van der Waals surface area (Å²) in [6, 6.07) is 7.77. The maximum absolute atomic E-state index is 12.7. The van der Waals surface area contributed by atoms with E-state index in [1.165, 1.54) is 12.1 Å². The maximum atomic E-state index is 12.7. The molecule has 0 aliphatic heterocycles. The predicted octanol–water partition coefficient (Wildman–Crippen LogP) is 2.67. The average molecular weight is 255 g/mol. The van der Waals surface area contributed by atoms with E-state index in [2.05, 4.69) is 15.3 Å². The number of aryl methyl sites for hydroxylation is 1. The first-order valence-corrected chi connectivity index (χ1v) is 4.77. The Morgan fingerprint density at radius 3 is 2.41 bits per heavy atom. The van der Waals surface area contributed by atoms with Gasteiger partial charge >= 0.3 is 0 Å². The van der Waals surface area contributed by atoms with E-state index in [9.17, 15) is 4.39 Å². The number of nitrogens with one attached hydrogen (secondary N) is 1. The van der Waals surface area contributed by atoms with Crippen LogP contribution in [-0.4, -0.2) is 9.97 Å². The van der Waals surface area contributed by atoms with Crippen LogP contribution < -0.4 is 11.1 Å². The lowest BCUT2D eigenvalue weighted by atomic mass is 10.3. The maximum Gasteiger partial charge on any atom is 0.222 e. The Labute approximate surface area is 105 Å². The van der Waals surface area contributed by atoms with E-state index in [1.54, 1.807) is 18.2 Å². The molecule has 0 saturated carbocycles. The number of halogens is 2. The zero-order valence-corrected chi connectivity index (χ0v) is 9.96. The van der Waals surface area contributed by atoms with Gasteiger partial charge in [0.2, 0.25) is 5.95 Å². The Bertz CT molecular complexity index is 481. The van der Waals surface area contributed by atoms with Gasteiger partial charge in [-0.05, 0) is 31.2 Å². The summed E-state index contributed by atoms with van der Waals surface area (Å²) >= 11 is 0. The second-order valence-electron chi connectivity index (χ2n) is 3.38. The fourth-order valence-corrected chi connectivity index (χ4v) is 1.34. The topological polar surface area (TPSA) is 63.8 Å². The fourth-order valence-electron chi connectivity index (χ4n) is 1.34. The summed E-state index contributed by atoms with van der Waals surface area (Å²) < 4.78 is 12.7. The van der Waals surface area contributed by atoms with Crippen molar-refractivity contribution in [1.82, 2.24) is 9.97 Å². The van der Waals surface area contributed by atoms with Gasteiger partial charge in [-0.2, -0.15) is 4.98 Å². The van der Waals surface area contributed by atoms with Gasteiger partial charge in [-0.25, -0.2) is 9.37 Å². The second kappa shape index (κ2) is 5.45. The number of nitrogens with two attached hydrogens (primary N) is 1. The van der Waals surface area contributed by atoms with Crippen molar-refractivity contribution in [3.05, 3.63) is 41.8 Å². The molecule has 0 fully saturated rings. The summed E-state index contributed by atoms with van der Waals surface area (Å²) in [5.41, 5.74) is 7.04. The molecule has 1 aromatic heterocycles. The minimum atomic E-state index is -0.274. The first-order chi connectivity index (χ1) is 7.63. The molecule has 2 rings (SSSR count). The monoisotopic (exact) mass is 254 g/mol. The lowest BCUT2D eigenvalue weighted by molar-refractivity contribution is 0.628. The second-order valence-corrected chi connectivity index (χ2v) is 3.38. The molecule has 0 amide bonds. The molecule has 0 radical (unpaired) electrons. The summed E-state index contributed by atoms with van der Waals surface area (Å²) in [7, 11) is 0. The van der Waals surface area contributed by atoms with Gasteiger partial charge in [-0.1, -0.05) is 0 Å². The Balaban J connectivity index is 0.00000144. The van der Waals surface area contributed by atoms with Crippen LogP contribution in [0.25, 0.3) is 0 Å². The highest BCUT2D eigenvalue weighted by molar-refractivity contribution is 5.85. The van der Waals surface area contributed by atoms with E-state index in [0.717, 1.165) is 11.4 Å². The number of nitrogens with zero attached hydrogens (tertiary/aromatic N) is 2. The number of aromatic nitrogens is 2. The van der Waals surface area contributed by atoms with E-state index < -0.39 is 0 Å². The third kappa shape index (κ3) is 3.57. The van der Waals surface area contributed by atoms with Crippen molar-refractivity contribution >= 4 is 29.9 Å². The molecule has 4 nitrogen and oxygen atoms in total. The Hall–Kier alpha value is -1.88. The van der Waals surface area contributed by atoms with Crippen LogP contribution in [0.1, 0.15) is 5.69 Å². The molecule has 90 valence electrons. The van der Waals surface area contributed by atoms with E-state index in [4.69, 9.17) is 5.73 Å². The van der Waals surface area contributed by atoms with Gasteiger partial charge in [0.25, 0.3) is 0 Å². The van der Waals surface area contributed by atoms with Crippen molar-refractivity contribution < 1.29 is 4.39 Å². The van der Waals surface area contributed by atoms with Crippen LogP contribution >= 0.6 is 12.4 Å². The standard InChI is InChI=1S/C11H11FN4.ClH/c1-7-6-10(16-11(13)14-7)15-9-4-2-8(12)3-5-9;/h2-6H,1H3,(H3,13,14,15,16);1H. The van der Waals surface area contributed by atoms with Crippen LogP contribution in [0.4, 0.5) is 21.8 Å². The fraction of sp³-hybridized carbons (Fsp3) is 0.0909. The molecular formula is C11H12ClFN4. The Morgan fingerprint density at radius 1 is 1.18 bits per heavy atom. The summed E-state index contributed by atoms with van der Waals surface area (Å²) in [4.78, 5) is 7.97. The Kier molecular flexibility index (Phi) is 4.23. The number of benzene rings is 1. The van der Waals surface area contributed by atoms with Crippen molar-refractivity contribution in [2.75, 3.05) is 11.1 Å². The molecule has 1 heterocycles. The number of hydrogen-bond acceptors (Lipinski definition) is 4. The summed E-state index contributed by atoms with van der Waals surface area (Å²) in [5.74, 6) is 0.533. The van der Waals surface area contributed by atoms with Crippen LogP contribution in [-0.2, 0) is 0 Å². The van der Waals surface area contributed by atoms with Crippen molar-refractivity contribution in [2.45, 2.75) is 6.92 Å². The van der Waals surface area contributed by atoms with E-state index in [0.29, 0.717) is 5.82 Å². The van der Waals surface area contributed by atoms with Crippen LogP contribution in [0.2, 0.25) is 0 Å². The highest BCUT2D eigenvalue weighted by Crippen LogP contribution is 2.15. The van der Waals surface area contributed by atoms with Gasteiger partial charge < -0.3 is 11.1 Å². The number of anilines is 3. The van der Waals surface area contributed by atoms with Crippen molar-refractivity contribution in [3.8, 4) is 0 Å². The molecule has 0 aliphatic rings. The number of hydrogen-bond donors (Lipinski definition) is 2. The summed E-state index contributed by atoms with van der Waals surface area (Å²) in [6.07, 6.45) is 0. The highest BCUT2D eigenvalue weighted by atomic mass is 35.5. The van der Waals surface area contributed by atoms with Crippen LogP contribution in [0, 0.1) is 12.7 Å². The molecule has 0 aliphatic carbocycles. The van der Waals surface area contributed by atoms with Gasteiger partial charge in [0.15, 0.2) is 0 Å². The summed E-state index contributed by atoms with van der Waals surface area (Å²) in [6.45, 7) is 1.83. The molecule has 0 saturated heterocycles. The van der Waals surface area contributed by atoms with Gasteiger partial charge in [0.1, 0.15) is 11.6 Å². The van der Waals surface area contributed by atoms with Crippen molar-refractivity contribution in [3.63, 3.8) is 0 Å². The molecule has 1 aromatic carbocycles. The van der Waals surface area contributed by atoms with E-state index in [1.807, 2.05) is 6.92 Å². The average Bonchev–Trinajstić information content (AvgIpc) is 2.20. The molecule has 17 heavy (non-hydrogen) atoms. The number of nitrogen functional groups attached to an aromatic ring is 1. The zero-order chi connectivity index (χ0) is 11.5. The molecule has 2 aromatic rings. The molecule has 0 unspecified atom stereocenters. The molecule has 6 heteroatoms. The quantitative estimate of drug-likeness (QED) is 0.865. The van der Waals surface area contributed by atoms with Crippen LogP contribution in [0.5, 0.6) is 0 Å². The van der Waals surface area contributed by atoms with Crippen LogP contribution in [0.3, 0.4) is 0 Å². The lowest BCUT2D eigenvalue weighted by Crippen LogP contribution is -2.01. The van der Waals surface area contributed by atoms with Crippen molar-refractivity contribution in [2.24, 2.45) is 0 Å². The minimum Gasteiger partial charge on any atom is -0.368 e. The highest BCUT2D eigenvalue weighted by Gasteiger charge is 2.00. The molecule has 0 bridgehead atoms. The smallest absolute Gasteiger partial charge is 0.222 e. The van der Waals surface area contributed by atoms with E-state index >= 15 is 0 Å². The zero-order valence-electron chi connectivity index (χ0n) is 9.14. The third-order valence-corrected chi connectivity index (χ3v) is 1.99. The first-order valence-electron chi connectivity index (χ1n) is 4.77. The SMILES string of the molecule is Cc1cc(Nc2ccc(F)cc2)nc(N)n1.Cl. The minimum absolute atomic E-state index is 0. The molecule has 3 N–H and O–H groups in total. The largest absolute Gasteiger partial charge is 0.368 e. The molecular weight excluding hydrogens is 243 g/mol. The van der Waals surface area contributed by atoms with Gasteiger partial charge in [-0.3, -0.25) is 0 Å². The van der Waals surface area contributed by atoms with Crippen LogP contribution in [0.15, 0.2) is 30.3 Å². The van der Waals surface area contributed by atoms with Gasteiger partial charge in [-0.15, -0.1) is 12.4 Å². The third-order valence-electron chi connectivity index (χ3n) is 1.99. The van der Waals surface area contributed by atoms with Gasteiger partial charge in [0.05, 0.1) is 0 Å². The molecule has 0 atom stereocenters. The van der Waals surface area contributed by atoms with Crippen molar-refractivity contribution in [1.29, 1.82) is 0 Å². The molecule has 0 spiro atoms. The summed E-state index contributed by atoms with van der Waals surface area (Å²) in [5, 5.41) is 3.02. The van der Waals surface area contributed by atoms with Gasteiger partial charge in [0, 0.05) is 17.4 Å². The first kappa shape index (κ1) is 13.2. The normalized spacial score (nSPS) is 9.53.